The quantitative estimate of drug-likeness (QED) is 0.819. The SMILES string of the molecule is CN(CCCS(=O)(=O)O)C(=O)c1ccccc1F. The maximum Gasteiger partial charge on any atom is 0.264 e. The van der Waals surface area contributed by atoms with Crippen LogP contribution in [0.25, 0.3) is 0 Å². The Morgan fingerprint density at radius 1 is 1.39 bits per heavy atom. The van der Waals surface area contributed by atoms with Crippen molar-refractivity contribution in [1.82, 2.24) is 4.90 Å². The van der Waals surface area contributed by atoms with Crippen molar-refractivity contribution < 1.29 is 22.2 Å². The van der Waals surface area contributed by atoms with Crippen LogP contribution in [0.5, 0.6) is 0 Å². The smallest absolute Gasteiger partial charge is 0.264 e. The van der Waals surface area contributed by atoms with Crippen molar-refractivity contribution in [2.45, 2.75) is 6.42 Å². The molecule has 1 amide bonds. The molecule has 1 aromatic rings. The van der Waals surface area contributed by atoms with Crippen LogP contribution in [0.1, 0.15) is 16.8 Å². The number of benzene rings is 1. The van der Waals surface area contributed by atoms with Crippen molar-refractivity contribution in [3.8, 4) is 0 Å². The largest absolute Gasteiger partial charge is 0.342 e. The molecular formula is C11H14FNO4S. The fourth-order valence-electron chi connectivity index (χ4n) is 1.43. The molecule has 1 aromatic carbocycles. The van der Waals surface area contributed by atoms with E-state index in [2.05, 4.69) is 0 Å². The highest BCUT2D eigenvalue weighted by Crippen LogP contribution is 2.09. The lowest BCUT2D eigenvalue weighted by molar-refractivity contribution is 0.0790. The summed E-state index contributed by atoms with van der Waals surface area (Å²) in [4.78, 5) is 13.0. The van der Waals surface area contributed by atoms with Gasteiger partial charge in [-0.25, -0.2) is 4.39 Å². The topological polar surface area (TPSA) is 74.7 Å². The summed E-state index contributed by atoms with van der Waals surface area (Å²) in [6.07, 6.45) is 0.0928. The second-order valence-corrected chi connectivity index (χ2v) is 5.42. The van der Waals surface area contributed by atoms with Gasteiger partial charge in [-0.1, -0.05) is 12.1 Å². The van der Waals surface area contributed by atoms with E-state index >= 15 is 0 Å². The van der Waals surface area contributed by atoms with Crippen molar-refractivity contribution >= 4 is 16.0 Å². The van der Waals surface area contributed by atoms with Crippen molar-refractivity contribution in [3.63, 3.8) is 0 Å². The molecule has 0 radical (unpaired) electrons. The normalized spacial score (nSPS) is 11.3. The fraction of sp³-hybridized carbons (Fsp3) is 0.364. The highest BCUT2D eigenvalue weighted by atomic mass is 32.2. The third-order valence-corrected chi connectivity index (χ3v) is 3.15. The van der Waals surface area contributed by atoms with Crippen LogP contribution >= 0.6 is 0 Å². The highest BCUT2D eigenvalue weighted by Gasteiger charge is 2.15. The predicted molar refractivity (Wildman–Crippen MR) is 64.4 cm³/mol. The van der Waals surface area contributed by atoms with Gasteiger partial charge in [0.1, 0.15) is 5.82 Å². The summed E-state index contributed by atoms with van der Waals surface area (Å²) in [7, 11) is -2.59. The van der Waals surface area contributed by atoms with Crippen LogP contribution in [-0.4, -0.2) is 43.1 Å². The second-order valence-electron chi connectivity index (χ2n) is 3.85. The van der Waals surface area contributed by atoms with Gasteiger partial charge in [-0.15, -0.1) is 0 Å². The molecule has 0 spiro atoms. The molecule has 0 bridgehead atoms. The molecule has 1 rings (SSSR count). The standard InChI is InChI=1S/C11H14FNO4S/c1-13(7-4-8-18(15,16)17)11(14)9-5-2-3-6-10(9)12/h2-3,5-6H,4,7-8H2,1H3,(H,15,16,17). The third kappa shape index (κ3) is 4.42. The molecular weight excluding hydrogens is 261 g/mol. The summed E-state index contributed by atoms with van der Waals surface area (Å²) in [5.74, 6) is -1.57. The molecule has 0 atom stereocenters. The zero-order valence-corrected chi connectivity index (χ0v) is 10.7. The van der Waals surface area contributed by atoms with Gasteiger partial charge in [-0.3, -0.25) is 9.35 Å². The highest BCUT2D eigenvalue weighted by molar-refractivity contribution is 7.85. The van der Waals surface area contributed by atoms with Crippen molar-refractivity contribution in [2.75, 3.05) is 19.3 Å². The summed E-state index contributed by atoms with van der Waals surface area (Å²) in [6.45, 7) is 0.118. The number of carbonyl (C=O) groups is 1. The molecule has 0 saturated carbocycles. The summed E-state index contributed by atoms with van der Waals surface area (Å²) in [5, 5.41) is 0. The average molecular weight is 275 g/mol. The number of nitrogens with zero attached hydrogens (tertiary/aromatic N) is 1. The molecule has 0 fully saturated rings. The second kappa shape index (κ2) is 5.92. The molecule has 0 aromatic heterocycles. The molecule has 0 aliphatic rings. The number of hydrogen-bond donors (Lipinski definition) is 1. The van der Waals surface area contributed by atoms with E-state index < -0.39 is 27.6 Å². The summed E-state index contributed by atoms with van der Waals surface area (Å²) >= 11 is 0. The van der Waals surface area contributed by atoms with Gasteiger partial charge >= 0.3 is 0 Å². The van der Waals surface area contributed by atoms with Gasteiger partial charge < -0.3 is 4.90 Å². The van der Waals surface area contributed by atoms with Gasteiger partial charge in [0.2, 0.25) is 0 Å². The van der Waals surface area contributed by atoms with Gasteiger partial charge in [0.05, 0.1) is 11.3 Å². The van der Waals surface area contributed by atoms with E-state index in [-0.39, 0.29) is 18.5 Å². The van der Waals surface area contributed by atoms with Crippen molar-refractivity contribution in [3.05, 3.63) is 35.6 Å². The molecule has 18 heavy (non-hydrogen) atoms. The Bertz CT molecular complexity index is 530. The van der Waals surface area contributed by atoms with Crippen molar-refractivity contribution in [2.24, 2.45) is 0 Å². The van der Waals surface area contributed by atoms with Crippen LogP contribution in [0, 0.1) is 5.82 Å². The Morgan fingerprint density at radius 2 is 2.00 bits per heavy atom. The first-order valence-electron chi connectivity index (χ1n) is 5.26. The first kappa shape index (κ1) is 14.6. The van der Waals surface area contributed by atoms with E-state index in [0.29, 0.717) is 0 Å². The van der Waals surface area contributed by atoms with Gasteiger partial charge in [-0.05, 0) is 18.6 Å². The number of rotatable bonds is 5. The molecule has 0 unspecified atom stereocenters. The molecule has 7 heteroatoms. The maximum atomic E-state index is 13.3. The Hall–Kier alpha value is -1.47. The van der Waals surface area contributed by atoms with Crippen LogP contribution in [-0.2, 0) is 10.1 Å². The number of amides is 1. The van der Waals surface area contributed by atoms with E-state index in [1.54, 1.807) is 6.07 Å². The monoisotopic (exact) mass is 275 g/mol. The predicted octanol–water partition coefficient (Wildman–Crippen LogP) is 1.18. The minimum absolute atomic E-state index is 0.0631. The van der Waals surface area contributed by atoms with Crippen LogP contribution in [0.2, 0.25) is 0 Å². The third-order valence-electron chi connectivity index (χ3n) is 2.35. The summed E-state index contributed by atoms with van der Waals surface area (Å²) in [6, 6.07) is 5.56. The molecule has 0 heterocycles. The van der Waals surface area contributed by atoms with E-state index in [0.717, 1.165) is 0 Å². The number of hydrogen-bond acceptors (Lipinski definition) is 3. The number of halogens is 1. The van der Waals surface area contributed by atoms with Crippen LogP contribution in [0.3, 0.4) is 0 Å². The van der Waals surface area contributed by atoms with E-state index in [1.165, 1.54) is 30.1 Å². The average Bonchev–Trinajstić information content (AvgIpc) is 2.27. The first-order chi connectivity index (χ1) is 8.31. The van der Waals surface area contributed by atoms with Crippen molar-refractivity contribution in [1.29, 1.82) is 0 Å². The zero-order chi connectivity index (χ0) is 13.8. The lowest BCUT2D eigenvalue weighted by Crippen LogP contribution is -2.29. The van der Waals surface area contributed by atoms with Crippen LogP contribution in [0.15, 0.2) is 24.3 Å². The Balaban J connectivity index is 2.60. The lowest BCUT2D eigenvalue weighted by Gasteiger charge is -2.16. The Morgan fingerprint density at radius 3 is 2.56 bits per heavy atom. The Kier molecular flexibility index (Phi) is 4.80. The summed E-state index contributed by atoms with van der Waals surface area (Å²) in [5.41, 5.74) is -0.0631. The molecule has 0 saturated heterocycles. The van der Waals surface area contributed by atoms with E-state index in [1.807, 2.05) is 0 Å². The number of carbonyl (C=O) groups excluding carboxylic acids is 1. The van der Waals surface area contributed by atoms with Crippen LogP contribution in [0.4, 0.5) is 4.39 Å². The van der Waals surface area contributed by atoms with E-state index in [9.17, 15) is 17.6 Å². The summed E-state index contributed by atoms with van der Waals surface area (Å²) < 4.78 is 42.9. The lowest BCUT2D eigenvalue weighted by atomic mass is 10.2. The van der Waals surface area contributed by atoms with E-state index in [4.69, 9.17) is 4.55 Å². The molecule has 0 aliphatic carbocycles. The van der Waals surface area contributed by atoms with Gasteiger partial charge in [0.25, 0.3) is 16.0 Å². The first-order valence-corrected chi connectivity index (χ1v) is 6.87. The van der Waals surface area contributed by atoms with Gasteiger partial charge in [0, 0.05) is 13.6 Å². The minimum Gasteiger partial charge on any atom is -0.342 e. The van der Waals surface area contributed by atoms with Crippen LogP contribution < -0.4 is 0 Å². The Labute approximate surface area is 105 Å². The molecule has 5 nitrogen and oxygen atoms in total. The van der Waals surface area contributed by atoms with Gasteiger partial charge in [0.15, 0.2) is 0 Å². The molecule has 1 N–H and O–H groups in total. The zero-order valence-electron chi connectivity index (χ0n) is 9.84. The molecule has 100 valence electrons. The fourth-order valence-corrected chi connectivity index (χ4v) is 1.92. The van der Waals surface area contributed by atoms with Gasteiger partial charge in [-0.2, -0.15) is 8.42 Å². The minimum atomic E-state index is -4.03. The maximum absolute atomic E-state index is 13.3. The molecule has 0 aliphatic heterocycles.